The second-order valence-corrected chi connectivity index (χ2v) is 13.9. The lowest BCUT2D eigenvalue weighted by atomic mass is 9.43. The van der Waals surface area contributed by atoms with Gasteiger partial charge < -0.3 is 15.1 Å². The van der Waals surface area contributed by atoms with Crippen molar-refractivity contribution in [1.29, 1.82) is 0 Å². The molecule has 1 heterocycles. The summed E-state index contributed by atoms with van der Waals surface area (Å²) in [5, 5.41) is 22.1. The van der Waals surface area contributed by atoms with Gasteiger partial charge in [-0.1, -0.05) is 32.9 Å². The van der Waals surface area contributed by atoms with Crippen LogP contribution in [0.2, 0.25) is 0 Å². The highest BCUT2D eigenvalue weighted by Gasteiger charge is 2.63. The van der Waals surface area contributed by atoms with Gasteiger partial charge in [-0.3, -0.25) is 4.79 Å². The number of carbonyl (C=O) groups excluding carboxylic acids is 1. The predicted octanol–water partition coefficient (Wildman–Crippen LogP) is 6.12. The molecule has 6 rings (SSSR count). The van der Waals surface area contributed by atoms with E-state index >= 15 is 0 Å². The van der Waals surface area contributed by atoms with E-state index in [2.05, 4.69) is 20.8 Å². The van der Waals surface area contributed by atoms with Crippen LogP contribution in [0, 0.1) is 52.2 Å². The van der Waals surface area contributed by atoms with Crippen molar-refractivity contribution in [3.8, 4) is 0 Å². The molecule has 1 aromatic rings. The van der Waals surface area contributed by atoms with Gasteiger partial charge in [0.2, 0.25) is 5.91 Å². The minimum absolute atomic E-state index is 0.0328. The van der Waals surface area contributed by atoms with Gasteiger partial charge in [0.05, 0.1) is 17.9 Å². The summed E-state index contributed by atoms with van der Waals surface area (Å²) in [6.45, 7) is 7.68. The van der Waals surface area contributed by atoms with Gasteiger partial charge in [0.1, 0.15) is 5.82 Å². The monoisotopic (exact) mass is 511 g/mol. The first-order chi connectivity index (χ1) is 17.6. The molecule has 2 N–H and O–H groups in total. The van der Waals surface area contributed by atoms with Crippen molar-refractivity contribution in [3.63, 3.8) is 0 Å². The Kier molecular flexibility index (Phi) is 6.50. The molecule has 1 aliphatic heterocycles. The highest BCUT2D eigenvalue weighted by molar-refractivity contribution is 5.95. The van der Waals surface area contributed by atoms with E-state index in [9.17, 15) is 19.4 Å². The van der Waals surface area contributed by atoms with Crippen molar-refractivity contribution in [2.24, 2.45) is 46.3 Å². The zero-order chi connectivity index (χ0) is 26.1. The molecule has 0 radical (unpaired) electrons. The maximum atomic E-state index is 14.5. The van der Waals surface area contributed by atoms with E-state index in [4.69, 9.17) is 0 Å². The fraction of sp³-hybridized carbons (Fsp3) is 0.781. The number of halogens is 1. The van der Waals surface area contributed by atoms with Crippen molar-refractivity contribution in [1.82, 2.24) is 0 Å². The van der Waals surface area contributed by atoms with Crippen LogP contribution in [0.3, 0.4) is 0 Å². The molecule has 0 bridgehead atoms. The Bertz CT molecular complexity index is 1040. The lowest BCUT2D eigenvalue weighted by Crippen LogP contribution is -2.58. The van der Waals surface area contributed by atoms with Crippen molar-refractivity contribution < 1.29 is 19.4 Å². The predicted molar refractivity (Wildman–Crippen MR) is 143 cm³/mol. The van der Waals surface area contributed by atoms with Crippen molar-refractivity contribution in [2.45, 2.75) is 104 Å². The van der Waals surface area contributed by atoms with Crippen LogP contribution in [0.4, 0.5) is 10.1 Å². The number of amides is 1. The van der Waals surface area contributed by atoms with Crippen LogP contribution in [-0.4, -0.2) is 34.9 Å². The highest BCUT2D eigenvalue weighted by Crippen LogP contribution is 2.68. The Balaban J connectivity index is 1.14. The van der Waals surface area contributed by atoms with Gasteiger partial charge in [-0.2, -0.15) is 0 Å². The molecule has 0 spiro atoms. The molecule has 4 fully saturated rings. The Labute approximate surface area is 222 Å². The van der Waals surface area contributed by atoms with Gasteiger partial charge in [-0.15, -0.1) is 0 Å². The number of hydrogen-bond acceptors (Lipinski definition) is 3. The number of nitrogens with zero attached hydrogens (tertiary/aromatic N) is 1. The summed E-state index contributed by atoms with van der Waals surface area (Å²) in [4.78, 5) is 14.8. The van der Waals surface area contributed by atoms with Crippen molar-refractivity contribution >= 4 is 11.6 Å². The normalized spacial score (nSPS) is 43.5. The summed E-state index contributed by atoms with van der Waals surface area (Å²) in [5.74, 6) is 2.89. The smallest absolute Gasteiger partial charge is 0.227 e. The molecule has 4 aliphatic carbocycles. The average molecular weight is 512 g/mol. The first kappa shape index (κ1) is 25.8. The molecule has 5 heteroatoms. The summed E-state index contributed by atoms with van der Waals surface area (Å²) in [5.41, 5.74) is 1.58. The molecular weight excluding hydrogens is 465 g/mol. The number of para-hydroxylation sites is 1. The Morgan fingerprint density at radius 1 is 1.11 bits per heavy atom. The number of anilines is 1. The zero-order valence-electron chi connectivity index (χ0n) is 23.0. The molecule has 204 valence electrons. The number of rotatable bonds is 4. The van der Waals surface area contributed by atoms with Gasteiger partial charge in [0, 0.05) is 13.0 Å². The lowest BCUT2D eigenvalue weighted by molar-refractivity contribution is -0.174. The third-order valence-corrected chi connectivity index (χ3v) is 12.6. The number of carbonyl (C=O) groups is 1. The molecule has 4 saturated carbocycles. The maximum Gasteiger partial charge on any atom is 0.227 e. The van der Waals surface area contributed by atoms with E-state index in [0.717, 1.165) is 50.5 Å². The van der Waals surface area contributed by atoms with Gasteiger partial charge in [0.25, 0.3) is 0 Å². The second-order valence-electron chi connectivity index (χ2n) is 13.9. The van der Waals surface area contributed by atoms with E-state index in [1.165, 1.54) is 25.3 Å². The molecule has 5 aliphatic rings. The Morgan fingerprint density at radius 3 is 2.73 bits per heavy atom. The zero-order valence-corrected chi connectivity index (χ0v) is 23.0. The average Bonchev–Trinajstić information content (AvgIpc) is 3.47. The minimum atomic E-state index is -0.300. The standard InChI is InChI=1S/C32H46FNO3/c1-19(7-12-29(37)34-16-14-20-5-4-6-27(33)30(20)34)24-10-11-25-23-9-8-21-17-22(35)13-15-31(21,2)26(23)18-28(36)32(24,25)3/h4-6,19,21-26,28,35-36H,7-18H2,1-3H3/t19-,21-,22-,23+,24-,25+,26+,28+,31+,32-/m1/s1. The third kappa shape index (κ3) is 3.92. The molecule has 1 aromatic carbocycles. The van der Waals surface area contributed by atoms with Gasteiger partial charge >= 0.3 is 0 Å². The molecule has 0 saturated heterocycles. The number of aliphatic hydroxyl groups excluding tert-OH is 2. The molecule has 1 amide bonds. The molecular formula is C32H46FNO3. The summed E-state index contributed by atoms with van der Waals surface area (Å²) < 4.78 is 14.5. The van der Waals surface area contributed by atoms with Gasteiger partial charge in [0.15, 0.2) is 0 Å². The maximum absolute atomic E-state index is 14.5. The van der Waals surface area contributed by atoms with Crippen molar-refractivity contribution in [3.05, 3.63) is 29.6 Å². The van der Waals surface area contributed by atoms with E-state index in [-0.39, 0.29) is 34.8 Å². The fourth-order valence-electron chi connectivity index (χ4n) is 10.5. The van der Waals surface area contributed by atoms with Crippen LogP contribution in [0.25, 0.3) is 0 Å². The van der Waals surface area contributed by atoms with Crippen LogP contribution in [0.5, 0.6) is 0 Å². The molecule has 0 unspecified atom stereocenters. The summed E-state index contributed by atoms with van der Waals surface area (Å²) >= 11 is 0. The largest absolute Gasteiger partial charge is 0.393 e. The molecule has 0 aromatic heterocycles. The Morgan fingerprint density at radius 2 is 1.92 bits per heavy atom. The summed E-state index contributed by atoms with van der Waals surface area (Å²) in [6, 6.07) is 5.11. The van der Waals surface area contributed by atoms with E-state index in [1.54, 1.807) is 11.0 Å². The first-order valence-corrected chi connectivity index (χ1v) is 15.1. The highest BCUT2D eigenvalue weighted by atomic mass is 19.1. The third-order valence-electron chi connectivity index (χ3n) is 12.6. The van der Waals surface area contributed by atoms with Crippen LogP contribution in [0.1, 0.15) is 90.5 Å². The number of aliphatic hydroxyl groups is 2. The minimum Gasteiger partial charge on any atom is -0.393 e. The van der Waals surface area contributed by atoms with E-state index in [0.29, 0.717) is 54.2 Å². The van der Waals surface area contributed by atoms with Gasteiger partial charge in [-0.05, 0) is 122 Å². The number of benzene rings is 1. The van der Waals surface area contributed by atoms with Crippen LogP contribution in [0.15, 0.2) is 18.2 Å². The summed E-state index contributed by atoms with van der Waals surface area (Å²) in [6.07, 6.45) is 10.2. The second kappa shape index (κ2) is 9.33. The first-order valence-electron chi connectivity index (χ1n) is 15.1. The fourth-order valence-corrected chi connectivity index (χ4v) is 10.5. The van der Waals surface area contributed by atoms with Crippen LogP contribution < -0.4 is 4.90 Å². The molecule has 10 atom stereocenters. The number of fused-ring (bicyclic) bond motifs is 6. The SMILES string of the molecule is C[C@H](CCC(=O)N1CCc2cccc(F)c21)[C@H]1CC[C@H]2[C@@H]3CC[C@@H]4C[C@H](O)CC[C@]4(C)[C@H]3C[C@H](O)[C@]12C. The van der Waals surface area contributed by atoms with E-state index < -0.39 is 0 Å². The molecule has 4 nitrogen and oxygen atoms in total. The lowest BCUT2D eigenvalue weighted by Gasteiger charge is -2.62. The van der Waals surface area contributed by atoms with Gasteiger partial charge in [-0.25, -0.2) is 4.39 Å². The number of hydrogen-bond donors (Lipinski definition) is 2. The summed E-state index contributed by atoms with van der Waals surface area (Å²) in [7, 11) is 0. The Hall–Kier alpha value is -1.46. The van der Waals surface area contributed by atoms with Crippen molar-refractivity contribution in [2.75, 3.05) is 11.4 Å². The molecule has 37 heavy (non-hydrogen) atoms. The van der Waals surface area contributed by atoms with Crippen LogP contribution in [-0.2, 0) is 11.2 Å². The topological polar surface area (TPSA) is 60.8 Å². The quantitative estimate of drug-likeness (QED) is 0.512. The van der Waals surface area contributed by atoms with E-state index in [1.807, 2.05) is 6.07 Å². The van der Waals surface area contributed by atoms with Crippen LogP contribution >= 0.6 is 0 Å².